The second kappa shape index (κ2) is 17.5. The quantitative estimate of drug-likeness (QED) is 0.0917. The molecular weight excluding hydrogens is 456 g/mol. The van der Waals surface area contributed by atoms with E-state index >= 15 is 0 Å². The number of hydrogen-bond acceptors (Lipinski definition) is 12. The van der Waals surface area contributed by atoms with Crippen LogP contribution in [0.15, 0.2) is 25.3 Å². The zero-order valence-electron chi connectivity index (χ0n) is 19.7. The predicted molar refractivity (Wildman–Crippen MR) is 115 cm³/mol. The van der Waals surface area contributed by atoms with Crippen molar-refractivity contribution in [1.29, 1.82) is 0 Å². The molecule has 0 saturated heterocycles. The van der Waals surface area contributed by atoms with Crippen molar-refractivity contribution in [1.82, 2.24) is 0 Å². The lowest BCUT2D eigenvalue weighted by atomic mass is 9.82. The number of esters is 2. The molecule has 34 heavy (non-hydrogen) atoms. The Hall–Kier alpha value is -1.90. The molecule has 4 atom stereocenters. The van der Waals surface area contributed by atoms with E-state index in [4.69, 9.17) is 28.7 Å². The molecule has 2 N–H and O–H groups in total. The zero-order chi connectivity index (χ0) is 25.3. The fourth-order valence-corrected chi connectivity index (χ4v) is 3.22. The van der Waals surface area contributed by atoms with Crippen molar-refractivity contribution in [2.75, 3.05) is 40.6 Å². The monoisotopic (exact) mass is 492 g/mol. The van der Waals surface area contributed by atoms with E-state index in [9.17, 15) is 19.8 Å². The number of carbonyl (C=O) groups is 2. The van der Waals surface area contributed by atoms with E-state index in [1.165, 1.54) is 26.4 Å². The molecule has 12 nitrogen and oxygen atoms in total. The summed E-state index contributed by atoms with van der Waals surface area (Å²) in [5, 5.41) is 18.8. The molecule has 0 radical (unpaired) electrons. The van der Waals surface area contributed by atoms with Gasteiger partial charge in [-0.05, 0) is 37.8 Å². The highest BCUT2D eigenvalue weighted by Crippen LogP contribution is 2.30. The summed E-state index contributed by atoms with van der Waals surface area (Å²) in [5.41, 5.74) is 0. The Morgan fingerprint density at radius 2 is 1.15 bits per heavy atom. The third kappa shape index (κ3) is 11.0. The molecule has 0 bridgehead atoms. The zero-order valence-corrected chi connectivity index (χ0v) is 19.7. The fourth-order valence-electron chi connectivity index (χ4n) is 3.22. The highest BCUT2D eigenvalue weighted by molar-refractivity contribution is 5.75. The van der Waals surface area contributed by atoms with Crippen molar-refractivity contribution in [3.63, 3.8) is 0 Å². The minimum Gasteiger partial charge on any atom is -0.463 e. The molecule has 1 aliphatic carbocycles. The third-order valence-corrected chi connectivity index (χ3v) is 5.04. The summed E-state index contributed by atoms with van der Waals surface area (Å²) in [7, 11) is 2.60. The molecular formula is C22H36O12. The van der Waals surface area contributed by atoms with E-state index in [2.05, 4.69) is 22.9 Å². The summed E-state index contributed by atoms with van der Waals surface area (Å²) < 4.78 is 21.3. The lowest BCUT2D eigenvalue weighted by molar-refractivity contribution is -0.358. The Bertz CT molecular complexity index is 553. The van der Waals surface area contributed by atoms with Gasteiger partial charge in [-0.1, -0.05) is 13.2 Å². The molecule has 196 valence electrons. The number of aliphatic hydroxyl groups is 2. The van der Waals surface area contributed by atoms with Gasteiger partial charge in [-0.15, -0.1) is 0 Å². The van der Waals surface area contributed by atoms with Crippen molar-refractivity contribution < 1.29 is 58.3 Å². The molecule has 1 aliphatic rings. The van der Waals surface area contributed by atoms with Gasteiger partial charge in [0.05, 0.1) is 39.3 Å². The first-order valence-electron chi connectivity index (χ1n) is 10.9. The Kier molecular flexibility index (Phi) is 15.5. The number of hydrogen-bond donors (Lipinski definition) is 2. The molecule has 1 rings (SSSR count). The maximum Gasteiger partial charge on any atom is 0.309 e. The summed E-state index contributed by atoms with van der Waals surface area (Å²) in [6, 6.07) is 0. The van der Waals surface area contributed by atoms with Crippen LogP contribution in [0.5, 0.6) is 0 Å². The Morgan fingerprint density at radius 1 is 0.794 bits per heavy atom. The van der Waals surface area contributed by atoms with Crippen molar-refractivity contribution in [2.45, 2.75) is 50.5 Å². The van der Waals surface area contributed by atoms with E-state index < -0.39 is 49.9 Å². The molecule has 0 aliphatic heterocycles. The summed E-state index contributed by atoms with van der Waals surface area (Å²) >= 11 is 0. The average Bonchev–Trinajstić information content (AvgIpc) is 2.87. The SMILES string of the molecule is C=CC(OOC)OC(CO)COC(=O)C1CCC(C(=O)OCC(CO)OC(C=C)OOC)CC1. The summed E-state index contributed by atoms with van der Waals surface area (Å²) in [4.78, 5) is 43.3. The summed E-state index contributed by atoms with van der Waals surface area (Å²) in [5.74, 6) is -1.61. The summed E-state index contributed by atoms with van der Waals surface area (Å²) in [6.45, 7) is 5.90. The number of aliphatic hydroxyl groups excluding tert-OH is 2. The van der Waals surface area contributed by atoms with Gasteiger partial charge in [-0.3, -0.25) is 9.59 Å². The van der Waals surface area contributed by atoms with Gasteiger partial charge in [0.2, 0.25) is 12.6 Å². The Balaban J connectivity index is 2.39. The first kappa shape index (κ1) is 30.1. The van der Waals surface area contributed by atoms with Crippen LogP contribution in [0.2, 0.25) is 0 Å². The first-order valence-corrected chi connectivity index (χ1v) is 10.9. The van der Waals surface area contributed by atoms with Gasteiger partial charge in [0, 0.05) is 0 Å². The van der Waals surface area contributed by atoms with Crippen LogP contribution in [-0.2, 0) is 48.1 Å². The van der Waals surface area contributed by atoms with Crippen LogP contribution in [0.4, 0.5) is 0 Å². The minimum absolute atomic E-state index is 0.171. The maximum absolute atomic E-state index is 12.4. The lowest BCUT2D eigenvalue weighted by Crippen LogP contribution is -2.34. The van der Waals surface area contributed by atoms with Crippen LogP contribution in [0.25, 0.3) is 0 Å². The highest BCUT2D eigenvalue weighted by Gasteiger charge is 2.32. The number of rotatable bonds is 18. The standard InChI is InChI=1S/C22H36O12/c1-5-19(33-27-3)31-17(11-23)13-29-21(25)15-7-9-16(10-8-15)22(26)30-14-18(12-24)32-20(6-2)34-28-4/h5-6,15-20,23-24H,1-2,7-14H2,3-4H3. The molecule has 1 fully saturated rings. The van der Waals surface area contributed by atoms with Crippen LogP contribution in [0.1, 0.15) is 25.7 Å². The topological polar surface area (TPSA) is 148 Å². The van der Waals surface area contributed by atoms with Crippen LogP contribution in [0.3, 0.4) is 0 Å². The van der Waals surface area contributed by atoms with Crippen LogP contribution < -0.4 is 0 Å². The third-order valence-electron chi connectivity index (χ3n) is 5.04. The van der Waals surface area contributed by atoms with Gasteiger partial charge in [0.15, 0.2) is 0 Å². The van der Waals surface area contributed by atoms with Crippen LogP contribution >= 0.6 is 0 Å². The molecule has 0 amide bonds. The van der Waals surface area contributed by atoms with E-state index in [1.807, 2.05) is 0 Å². The van der Waals surface area contributed by atoms with Crippen LogP contribution in [0, 0.1) is 11.8 Å². The van der Waals surface area contributed by atoms with Crippen molar-refractivity contribution in [3.05, 3.63) is 25.3 Å². The normalized spacial score (nSPS) is 21.6. The predicted octanol–water partition coefficient (Wildman–Crippen LogP) is 0.814. The van der Waals surface area contributed by atoms with E-state index in [0.717, 1.165) is 0 Å². The lowest BCUT2D eigenvalue weighted by Gasteiger charge is -2.27. The molecule has 0 aromatic rings. The van der Waals surface area contributed by atoms with Gasteiger partial charge in [-0.25, -0.2) is 19.6 Å². The Labute approximate surface area is 199 Å². The first-order chi connectivity index (χ1) is 16.4. The second-order valence-corrected chi connectivity index (χ2v) is 7.42. The van der Waals surface area contributed by atoms with Crippen molar-refractivity contribution >= 4 is 11.9 Å². The van der Waals surface area contributed by atoms with Gasteiger partial charge >= 0.3 is 11.9 Å². The van der Waals surface area contributed by atoms with Gasteiger partial charge < -0.3 is 29.2 Å². The van der Waals surface area contributed by atoms with Gasteiger partial charge in [-0.2, -0.15) is 0 Å². The highest BCUT2D eigenvalue weighted by atomic mass is 17.2. The van der Waals surface area contributed by atoms with Gasteiger partial charge in [0.1, 0.15) is 25.4 Å². The van der Waals surface area contributed by atoms with Gasteiger partial charge in [0.25, 0.3) is 0 Å². The van der Waals surface area contributed by atoms with Crippen LogP contribution in [-0.4, -0.2) is 87.6 Å². The Morgan fingerprint density at radius 3 is 1.41 bits per heavy atom. The van der Waals surface area contributed by atoms with Crippen molar-refractivity contribution in [2.24, 2.45) is 11.8 Å². The van der Waals surface area contributed by atoms with E-state index in [1.54, 1.807) is 0 Å². The van der Waals surface area contributed by atoms with Crippen molar-refractivity contribution in [3.8, 4) is 0 Å². The molecule has 0 heterocycles. The second-order valence-electron chi connectivity index (χ2n) is 7.42. The molecule has 0 aromatic heterocycles. The molecule has 4 unspecified atom stereocenters. The summed E-state index contributed by atoms with van der Waals surface area (Å²) in [6.07, 6.45) is 0.980. The molecule has 0 aromatic carbocycles. The smallest absolute Gasteiger partial charge is 0.309 e. The fraction of sp³-hybridized carbons (Fsp3) is 0.727. The largest absolute Gasteiger partial charge is 0.463 e. The average molecular weight is 493 g/mol. The van der Waals surface area contributed by atoms with E-state index in [-0.39, 0.29) is 25.0 Å². The number of carbonyl (C=O) groups excluding carboxylic acids is 2. The maximum atomic E-state index is 12.4. The van der Waals surface area contributed by atoms with E-state index in [0.29, 0.717) is 25.7 Å². The molecule has 1 saturated carbocycles. The minimum atomic E-state index is -0.923. The molecule has 12 heteroatoms. The number of ether oxygens (including phenoxy) is 4. The molecule has 0 spiro atoms.